The molecule has 0 aromatic rings. The van der Waals surface area contributed by atoms with Gasteiger partial charge in [0.25, 0.3) is 0 Å². The smallest absolute Gasteiger partial charge is 0.453 e. The van der Waals surface area contributed by atoms with Gasteiger partial charge in [0.15, 0.2) is 0 Å². The van der Waals surface area contributed by atoms with Crippen molar-refractivity contribution in [2.24, 2.45) is 5.92 Å². The van der Waals surface area contributed by atoms with E-state index in [1.807, 2.05) is 0 Å². The maximum atomic E-state index is 13.8. The van der Waals surface area contributed by atoms with Gasteiger partial charge >= 0.3 is 21.3 Å². The van der Waals surface area contributed by atoms with Crippen LogP contribution >= 0.6 is 0 Å². The van der Waals surface area contributed by atoms with Crippen LogP contribution in [-0.4, -0.2) is 53.8 Å². The molecule has 4 rings (SSSR count). The third-order valence-electron chi connectivity index (χ3n) is 5.04. The first kappa shape index (κ1) is 17.0. The van der Waals surface area contributed by atoms with Crippen LogP contribution in [0.2, 0.25) is 0 Å². The SMILES string of the molecule is COS(=O)(=O)C(F)(F)C(=O)OC12CC3CC(O)(CC(O)(C3)C1)C2. The first-order valence-electron chi connectivity index (χ1n) is 7.21. The number of halogens is 2. The number of rotatable bonds is 4. The number of ether oxygens (including phenoxy) is 1. The number of carbonyl (C=O) groups excluding carboxylic acids is 1. The fourth-order valence-corrected chi connectivity index (χ4v) is 5.28. The number of hydrogen-bond donors (Lipinski definition) is 2. The Morgan fingerprint density at radius 1 is 1.13 bits per heavy atom. The summed E-state index contributed by atoms with van der Waals surface area (Å²) >= 11 is 0. The molecule has 10 heteroatoms. The highest BCUT2D eigenvalue weighted by atomic mass is 32.2. The zero-order valence-electron chi connectivity index (χ0n) is 12.4. The third-order valence-corrected chi connectivity index (χ3v) is 6.27. The van der Waals surface area contributed by atoms with Crippen molar-refractivity contribution in [3.05, 3.63) is 0 Å². The lowest BCUT2D eigenvalue weighted by atomic mass is 9.50. The van der Waals surface area contributed by atoms with Gasteiger partial charge in [-0.15, -0.1) is 0 Å². The molecule has 0 aliphatic heterocycles. The highest BCUT2D eigenvalue weighted by Gasteiger charge is 2.66. The summed E-state index contributed by atoms with van der Waals surface area (Å²) in [7, 11) is -4.92. The van der Waals surface area contributed by atoms with Crippen molar-refractivity contribution in [2.75, 3.05) is 7.11 Å². The molecule has 0 amide bonds. The molecule has 4 bridgehead atoms. The Morgan fingerprint density at radius 3 is 2.09 bits per heavy atom. The van der Waals surface area contributed by atoms with Gasteiger partial charge in [-0.05, 0) is 25.2 Å². The van der Waals surface area contributed by atoms with Crippen LogP contribution in [0.25, 0.3) is 0 Å². The Kier molecular flexibility index (Phi) is 3.41. The lowest BCUT2D eigenvalue weighted by Gasteiger charge is -2.62. The summed E-state index contributed by atoms with van der Waals surface area (Å²) in [5.41, 5.74) is -4.06. The van der Waals surface area contributed by atoms with E-state index in [9.17, 15) is 32.2 Å². The summed E-state index contributed by atoms with van der Waals surface area (Å²) in [6, 6.07) is 0. The molecular formula is C13H18F2O7S. The average molecular weight is 356 g/mol. The topological polar surface area (TPSA) is 110 Å². The number of aliphatic hydroxyl groups is 2. The predicted octanol–water partition coefficient (Wildman–Crippen LogP) is 0.297. The minimum absolute atomic E-state index is 0.0896. The fourth-order valence-electron chi connectivity index (χ4n) is 4.83. The number of hydrogen-bond acceptors (Lipinski definition) is 7. The Morgan fingerprint density at radius 2 is 1.65 bits per heavy atom. The van der Waals surface area contributed by atoms with Crippen molar-refractivity contribution in [1.29, 1.82) is 0 Å². The van der Waals surface area contributed by atoms with E-state index in [4.69, 9.17) is 4.74 Å². The van der Waals surface area contributed by atoms with Crippen LogP contribution in [0.1, 0.15) is 38.5 Å². The highest BCUT2D eigenvalue weighted by Crippen LogP contribution is 2.60. The molecule has 0 spiro atoms. The van der Waals surface area contributed by atoms with Crippen molar-refractivity contribution < 1.29 is 41.1 Å². The lowest BCUT2D eigenvalue weighted by Crippen LogP contribution is -2.67. The molecule has 23 heavy (non-hydrogen) atoms. The first-order chi connectivity index (χ1) is 10.3. The van der Waals surface area contributed by atoms with Crippen molar-refractivity contribution in [3.8, 4) is 0 Å². The lowest BCUT2D eigenvalue weighted by molar-refractivity contribution is -0.265. The molecule has 0 aromatic heterocycles. The molecule has 2 unspecified atom stereocenters. The van der Waals surface area contributed by atoms with Gasteiger partial charge in [0, 0.05) is 19.3 Å². The Hall–Kier alpha value is -0.840. The maximum Gasteiger partial charge on any atom is 0.466 e. The molecule has 0 saturated heterocycles. The van der Waals surface area contributed by atoms with Crippen molar-refractivity contribution in [2.45, 2.75) is 60.6 Å². The monoisotopic (exact) mass is 356 g/mol. The maximum absolute atomic E-state index is 13.8. The average Bonchev–Trinajstić information content (AvgIpc) is 2.33. The van der Waals surface area contributed by atoms with Crippen LogP contribution in [0, 0.1) is 5.92 Å². The van der Waals surface area contributed by atoms with E-state index in [2.05, 4.69) is 4.18 Å². The minimum atomic E-state index is -5.44. The van der Waals surface area contributed by atoms with E-state index >= 15 is 0 Å². The minimum Gasteiger partial charge on any atom is -0.453 e. The Labute approximate surface area is 131 Å². The highest BCUT2D eigenvalue weighted by molar-refractivity contribution is 7.88. The van der Waals surface area contributed by atoms with Crippen LogP contribution in [0.5, 0.6) is 0 Å². The van der Waals surface area contributed by atoms with Crippen molar-refractivity contribution >= 4 is 16.1 Å². The summed E-state index contributed by atoms with van der Waals surface area (Å²) in [6.45, 7) is 0. The van der Waals surface area contributed by atoms with Crippen LogP contribution in [-0.2, 0) is 23.8 Å². The Bertz CT molecular complexity index is 629. The number of alkyl halides is 2. The molecule has 7 nitrogen and oxygen atoms in total. The van der Waals surface area contributed by atoms with Gasteiger partial charge in [0.05, 0.1) is 18.3 Å². The molecule has 2 atom stereocenters. The van der Waals surface area contributed by atoms with Gasteiger partial charge in [0.2, 0.25) is 0 Å². The van der Waals surface area contributed by atoms with E-state index in [-0.39, 0.29) is 31.6 Å². The van der Waals surface area contributed by atoms with E-state index < -0.39 is 38.1 Å². The van der Waals surface area contributed by atoms with Crippen molar-refractivity contribution in [3.63, 3.8) is 0 Å². The van der Waals surface area contributed by atoms with E-state index in [0.717, 1.165) is 0 Å². The molecule has 132 valence electrons. The number of esters is 1. The summed E-state index contributed by atoms with van der Waals surface area (Å²) in [5, 5.41) is 16.1. The summed E-state index contributed by atoms with van der Waals surface area (Å²) in [4.78, 5) is 11.8. The van der Waals surface area contributed by atoms with Crippen LogP contribution < -0.4 is 0 Å². The largest absolute Gasteiger partial charge is 0.466 e. The van der Waals surface area contributed by atoms with Gasteiger partial charge in [-0.3, -0.25) is 4.18 Å². The number of carbonyl (C=O) groups is 1. The van der Waals surface area contributed by atoms with Crippen molar-refractivity contribution in [1.82, 2.24) is 0 Å². The van der Waals surface area contributed by atoms with Gasteiger partial charge in [-0.2, -0.15) is 17.2 Å². The molecule has 0 radical (unpaired) electrons. The van der Waals surface area contributed by atoms with Gasteiger partial charge in [0.1, 0.15) is 5.60 Å². The van der Waals surface area contributed by atoms with Crippen LogP contribution in [0.4, 0.5) is 8.78 Å². The second kappa shape index (κ2) is 4.62. The second-order valence-electron chi connectivity index (χ2n) is 7.17. The first-order valence-corrected chi connectivity index (χ1v) is 8.61. The molecule has 4 aliphatic carbocycles. The zero-order valence-corrected chi connectivity index (χ0v) is 13.2. The molecule has 0 aromatic carbocycles. The zero-order chi connectivity index (χ0) is 17.3. The quantitative estimate of drug-likeness (QED) is 0.550. The van der Waals surface area contributed by atoms with E-state index in [1.165, 1.54) is 0 Å². The molecular weight excluding hydrogens is 338 g/mol. The van der Waals surface area contributed by atoms with Crippen LogP contribution in [0.15, 0.2) is 0 Å². The molecule has 4 aliphatic rings. The summed E-state index contributed by atoms with van der Waals surface area (Å²) in [6.07, 6.45) is 0.944. The standard InChI is InChI=1S/C13H18F2O7S/c1-21-23(19,20)13(14,15)9(16)22-12-4-8-2-10(17,6-12)5-11(18,3-8)7-12/h8,17-18H,2-7H2,1H3. The normalized spacial score (nSPS) is 42.7. The second-order valence-corrected chi connectivity index (χ2v) is 8.92. The molecule has 4 fully saturated rings. The fraction of sp³-hybridized carbons (Fsp3) is 0.923. The van der Waals surface area contributed by atoms with Gasteiger partial charge in [-0.25, -0.2) is 4.79 Å². The van der Waals surface area contributed by atoms with Gasteiger partial charge < -0.3 is 14.9 Å². The summed E-state index contributed by atoms with van der Waals surface area (Å²) < 4.78 is 58.5. The van der Waals surface area contributed by atoms with Gasteiger partial charge in [-0.1, -0.05) is 0 Å². The molecule has 4 saturated carbocycles. The predicted molar refractivity (Wildman–Crippen MR) is 70.8 cm³/mol. The van der Waals surface area contributed by atoms with E-state index in [1.54, 1.807) is 0 Å². The Balaban J connectivity index is 1.87. The summed E-state index contributed by atoms with van der Waals surface area (Å²) in [5.74, 6) is -2.41. The molecule has 2 N–H and O–H groups in total. The van der Waals surface area contributed by atoms with E-state index in [0.29, 0.717) is 20.0 Å². The molecule has 0 heterocycles. The third kappa shape index (κ3) is 2.55. The van der Waals surface area contributed by atoms with Crippen LogP contribution in [0.3, 0.4) is 0 Å².